The van der Waals surface area contributed by atoms with Crippen molar-refractivity contribution >= 4 is 10.0 Å². The summed E-state index contributed by atoms with van der Waals surface area (Å²) in [6.07, 6.45) is -2.31. The number of hydrogen-bond donors (Lipinski definition) is 1. The average molecular weight is 385 g/mol. The van der Waals surface area contributed by atoms with E-state index >= 15 is 0 Å². The topological polar surface area (TPSA) is 64.6 Å². The van der Waals surface area contributed by atoms with E-state index in [-0.39, 0.29) is 31.9 Å². The molecule has 1 aromatic rings. The van der Waals surface area contributed by atoms with Crippen molar-refractivity contribution in [1.82, 2.24) is 4.72 Å². The standard InChI is InChI=1S/C15H19F4NO4S/c16-11-5-6-13(12(10-11)15(17,18)19)25(21,22)20-7-3-9-24-14-4-1-2-8-23-14/h5-6,10,14,20H,1-4,7-9H2. The fourth-order valence-electron chi connectivity index (χ4n) is 2.37. The number of rotatable bonds is 7. The Labute approximate surface area is 143 Å². The molecule has 142 valence electrons. The molecule has 0 aromatic heterocycles. The van der Waals surface area contributed by atoms with Crippen molar-refractivity contribution in [3.63, 3.8) is 0 Å². The first kappa shape index (κ1) is 20.1. The summed E-state index contributed by atoms with van der Waals surface area (Å²) in [5, 5.41) is 0. The van der Waals surface area contributed by atoms with Gasteiger partial charge < -0.3 is 9.47 Å². The van der Waals surface area contributed by atoms with Crippen LogP contribution in [0.2, 0.25) is 0 Å². The smallest absolute Gasteiger partial charge is 0.353 e. The number of halogens is 4. The van der Waals surface area contributed by atoms with Crippen LogP contribution in [0.1, 0.15) is 31.2 Å². The molecule has 25 heavy (non-hydrogen) atoms. The lowest BCUT2D eigenvalue weighted by Gasteiger charge is -2.22. The average Bonchev–Trinajstić information content (AvgIpc) is 2.54. The van der Waals surface area contributed by atoms with Gasteiger partial charge in [0.05, 0.1) is 17.1 Å². The fourth-order valence-corrected chi connectivity index (χ4v) is 3.65. The zero-order valence-electron chi connectivity index (χ0n) is 13.3. The van der Waals surface area contributed by atoms with E-state index in [1.165, 1.54) is 0 Å². The first-order valence-electron chi connectivity index (χ1n) is 7.80. The molecule has 1 aliphatic rings. The van der Waals surface area contributed by atoms with Gasteiger partial charge in [0, 0.05) is 13.2 Å². The van der Waals surface area contributed by atoms with Crippen LogP contribution in [0.3, 0.4) is 0 Å². The van der Waals surface area contributed by atoms with E-state index in [2.05, 4.69) is 4.72 Å². The summed E-state index contributed by atoms with van der Waals surface area (Å²) in [7, 11) is -4.42. The van der Waals surface area contributed by atoms with Crippen molar-refractivity contribution in [3.8, 4) is 0 Å². The van der Waals surface area contributed by atoms with Gasteiger partial charge in [0.1, 0.15) is 5.82 Å². The molecule has 10 heteroatoms. The SMILES string of the molecule is O=S(=O)(NCCCOC1CCCCO1)c1ccc(F)cc1C(F)(F)F. The summed E-state index contributed by atoms with van der Waals surface area (Å²) in [6.45, 7) is 0.717. The summed E-state index contributed by atoms with van der Waals surface area (Å²) < 4.78 is 88.8. The van der Waals surface area contributed by atoms with E-state index in [4.69, 9.17) is 9.47 Å². The van der Waals surface area contributed by atoms with Crippen molar-refractivity contribution in [2.75, 3.05) is 19.8 Å². The molecule has 0 amide bonds. The van der Waals surface area contributed by atoms with Crippen molar-refractivity contribution in [3.05, 3.63) is 29.6 Å². The highest BCUT2D eigenvalue weighted by Gasteiger charge is 2.37. The van der Waals surface area contributed by atoms with E-state index in [9.17, 15) is 26.0 Å². The number of nitrogens with one attached hydrogen (secondary N) is 1. The van der Waals surface area contributed by atoms with Gasteiger partial charge in [-0.05, 0) is 43.9 Å². The molecule has 0 bridgehead atoms. The van der Waals surface area contributed by atoms with Crippen LogP contribution >= 0.6 is 0 Å². The Kier molecular flexibility index (Phi) is 6.78. The Morgan fingerprint density at radius 1 is 1.28 bits per heavy atom. The number of benzene rings is 1. The summed E-state index contributed by atoms with van der Waals surface area (Å²) in [4.78, 5) is -1.00. The minimum Gasteiger partial charge on any atom is -0.353 e. The predicted octanol–water partition coefficient (Wildman–Crippen LogP) is 3.06. The van der Waals surface area contributed by atoms with E-state index in [1.54, 1.807) is 0 Å². The molecular weight excluding hydrogens is 366 g/mol. The third-order valence-corrected chi connectivity index (χ3v) is 5.11. The van der Waals surface area contributed by atoms with Crippen LogP contribution in [0.25, 0.3) is 0 Å². The van der Waals surface area contributed by atoms with Crippen LogP contribution in [0.4, 0.5) is 17.6 Å². The Morgan fingerprint density at radius 3 is 2.68 bits per heavy atom. The van der Waals surface area contributed by atoms with Crippen molar-refractivity contribution in [2.24, 2.45) is 0 Å². The molecule has 0 aliphatic carbocycles. The Morgan fingerprint density at radius 2 is 2.04 bits per heavy atom. The molecule has 1 unspecified atom stereocenters. The molecule has 1 saturated heterocycles. The lowest BCUT2D eigenvalue weighted by Crippen LogP contribution is -2.29. The van der Waals surface area contributed by atoms with Crippen LogP contribution < -0.4 is 4.72 Å². The van der Waals surface area contributed by atoms with Crippen LogP contribution in [0, 0.1) is 5.82 Å². The van der Waals surface area contributed by atoms with Crippen LogP contribution in [0.5, 0.6) is 0 Å². The number of ether oxygens (including phenoxy) is 2. The summed E-state index contributed by atoms with van der Waals surface area (Å²) in [5.74, 6) is -1.16. The van der Waals surface area contributed by atoms with Gasteiger partial charge in [-0.2, -0.15) is 13.2 Å². The highest BCUT2D eigenvalue weighted by molar-refractivity contribution is 7.89. The van der Waals surface area contributed by atoms with E-state index in [0.29, 0.717) is 18.7 Å². The molecule has 0 radical (unpaired) electrons. The lowest BCUT2D eigenvalue weighted by atomic mass is 10.2. The quantitative estimate of drug-likeness (QED) is 0.579. The molecule has 1 N–H and O–H groups in total. The normalized spacial score (nSPS) is 19.1. The molecule has 2 rings (SSSR count). The molecule has 1 fully saturated rings. The first-order valence-corrected chi connectivity index (χ1v) is 9.28. The lowest BCUT2D eigenvalue weighted by molar-refractivity contribution is -0.162. The second-order valence-corrected chi connectivity index (χ2v) is 7.29. The molecule has 0 spiro atoms. The Balaban J connectivity index is 1.91. The fraction of sp³-hybridized carbons (Fsp3) is 0.600. The van der Waals surface area contributed by atoms with Gasteiger partial charge in [-0.25, -0.2) is 17.5 Å². The molecular formula is C15H19F4NO4S. The minimum atomic E-state index is -4.98. The first-order chi connectivity index (χ1) is 11.7. The van der Waals surface area contributed by atoms with E-state index < -0.39 is 32.5 Å². The maximum Gasteiger partial charge on any atom is 0.417 e. The predicted molar refractivity (Wildman–Crippen MR) is 80.8 cm³/mol. The summed E-state index contributed by atoms with van der Waals surface area (Å²) in [5.41, 5.74) is -1.54. The monoisotopic (exact) mass is 385 g/mol. The van der Waals surface area contributed by atoms with Crippen LogP contribution in [0.15, 0.2) is 23.1 Å². The van der Waals surface area contributed by atoms with E-state index in [0.717, 1.165) is 19.3 Å². The third-order valence-electron chi connectivity index (χ3n) is 3.59. The van der Waals surface area contributed by atoms with Crippen molar-refractivity contribution < 1.29 is 35.5 Å². The zero-order chi connectivity index (χ0) is 18.5. The van der Waals surface area contributed by atoms with Gasteiger partial charge in [-0.3, -0.25) is 0 Å². The molecule has 1 atom stereocenters. The molecule has 1 aromatic carbocycles. The number of alkyl halides is 3. The minimum absolute atomic E-state index is 0.107. The highest BCUT2D eigenvalue weighted by Crippen LogP contribution is 2.34. The Hall–Kier alpha value is -1.23. The van der Waals surface area contributed by atoms with Gasteiger partial charge in [0.25, 0.3) is 0 Å². The molecule has 1 heterocycles. The molecule has 5 nitrogen and oxygen atoms in total. The number of hydrogen-bond acceptors (Lipinski definition) is 4. The van der Waals surface area contributed by atoms with Crippen molar-refractivity contribution in [2.45, 2.75) is 43.0 Å². The zero-order valence-corrected chi connectivity index (χ0v) is 14.1. The molecule has 1 aliphatic heterocycles. The van der Waals surface area contributed by atoms with E-state index in [1.807, 2.05) is 0 Å². The maximum absolute atomic E-state index is 13.1. The summed E-state index contributed by atoms with van der Waals surface area (Å²) in [6, 6.07) is 1.44. The second kappa shape index (κ2) is 8.43. The summed E-state index contributed by atoms with van der Waals surface area (Å²) >= 11 is 0. The van der Waals surface area contributed by atoms with Crippen LogP contribution in [-0.2, 0) is 25.7 Å². The maximum atomic E-state index is 13.1. The largest absolute Gasteiger partial charge is 0.417 e. The van der Waals surface area contributed by atoms with Gasteiger partial charge in [0.2, 0.25) is 10.0 Å². The third kappa shape index (κ3) is 5.91. The number of sulfonamides is 1. The van der Waals surface area contributed by atoms with Crippen LogP contribution in [-0.4, -0.2) is 34.5 Å². The second-order valence-electron chi connectivity index (χ2n) is 5.56. The van der Waals surface area contributed by atoms with Crippen molar-refractivity contribution in [1.29, 1.82) is 0 Å². The van der Waals surface area contributed by atoms with Gasteiger partial charge in [-0.1, -0.05) is 0 Å². The van der Waals surface area contributed by atoms with Gasteiger partial charge in [-0.15, -0.1) is 0 Å². The molecule has 0 saturated carbocycles. The van der Waals surface area contributed by atoms with Gasteiger partial charge in [0.15, 0.2) is 6.29 Å². The highest BCUT2D eigenvalue weighted by atomic mass is 32.2. The Bertz CT molecular complexity index is 673. The van der Waals surface area contributed by atoms with Gasteiger partial charge >= 0.3 is 6.18 Å².